The second-order valence-electron chi connectivity index (χ2n) is 3.48. The fourth-order valence-electron chi connectivity index (χ4n) is 1.64. The molecule has 72 valence electrons. The Balaban J connectivity index is 2.01. The molecule has 1 rings (SSSR count). The molecule has 0 bridgehead atoms. The van der Waals surface area contributed by atoms with E-state index in [1.807, 2.05) is 0 Å². The summed E-state index contributed by atoms with van der Waals surface area (Å²) in [5, 5.41) is 11.9. The van der Waals surface area contributed by atoms with Gasteiger partial charge in [0.1, 0.15) is 6.17 Å². The minimum atomic E-state index is -0.569. The van der Waals surface area contributed by atoms with Crippen LogP contribution in [0.1, 0.15) is 32.1 Å². The predicted octanol–water partition coefficient (Wildman–Crippen LogP) is 1.24. The lowest BCUT2D eigenvalue weighted by Crippen LogP contribution is -2.34. The lowest BCUT2D eigenvalue weighted by molar-refractivity contribution is 0.216. The van der Waals surface area contributed by atoms with Gasteiger partial charge in [-0.05, 0) is 38.6 Å². The number of nitrogens with one attached hydrogen (secondary N) is 1. The van der Waals surface area contributed by atoms with Crippen LogP contribution in [0.15, 0.2) is 0 Å². The minimum absolute atomic E-state index is 0.242. The minimum Gasteiger partial charge on any atom is -0.396 e. The van der Waals surface area contributed by atoms with E-state index in [1.165, 1.54) is 0 Å². The van der Waals surface area contributed by atoms with Crippen LogP contribution in [-0.4, -0.2) is 30.5 Å². The van der Waals surface area contributed by atoms with Crippen molar-refractivity contribution in [1.82, 2.24) is 5.32 Å². The Morgan fingerprint density at radius 1 is 1.25 bits per heavy atom. The van der Waals surface area contributed by atoms with E-state index in [9.17, 15) is 4.39 Å². The molecule has 0 saturated heterocycles. The number of hydrogen-bond donors (Lipinski definition) is 2. The van der Waals surface area contributed by atoms with E-state index in [1.54, 1.807) is 0 Å². The molecule has 0 radical (unpaired) electrons. The van der Waals surface area contributed by atoms with Crippen molar-refractivity contribution in [1.29, 1.82) is 0 Å². The normalized spacial score (nSPS) is 30.5. The second kappa shape index (κ2) is 5.49. The molecular weight excluding hydrogens is 157 g/mol. The van der Waals surface area contributed by atoms with E-state index >= 15 is 0 Å². The molecule has 3 heteroatoms. The molecule has 0 atom stereocenters. The zero-order valence-corrected chi connectivity index (χ0v) is 7.43. The molecule has 0 unspecified atom stereocenters. The van der Waals surface area contributed by atoms with Gasteiger partial charge >= 0.3 is 0 Å². The van der Waals surface area contributed by atoms with Gasteiger partial charge < -0.3 is 10.4 Å². The van der Waals surface area contributed by atoms with Crippen LogP contribution in [0.25, 0.3) is 0 Å². The number of hydrogen-bond acceptors (Lipinski definition) is 2. The molecule has 1 fully saturated rings. The van der Waals surface area contributed by atoms with Crippen molar-refractivity contribution in [3.05, 3.63) is 0 Å². The summed E-state index contributed by atoms with van der Waals surface area (Å²) in [6, 6.07) is 0.489. The highest BCUT2D eigenvalue weighted by Crippen LogP contribution is 2.20. The van der Waals surface area contributed by atoms with Gasteiger partial charge in [0.05, 0.1) is 0 Å². The molecule has 0 aliphatic heterocycles. The summed E-state index contributed by atoms with van der Waals surface area (Å²) in [4.78, 5) is 0. The molecule has 2 N–H and O–H groups in total. The van der Waals surface area contributed by atoms with E-state index < -0.39 is 6.17 Å². The number of aliphatic hydroxyl groups excluding tert-OH is 1. The Morgan fingerprint density at radius 2 is 1.92 bits per heavy atom. The summed E-state index contributed by atoms with van der Waals surface area (Å²) >= 11 is 0. The van der Waals surface area contributed by atoms with Crippen molar-refractivity contribution < 1.29 is 9.50 Å². The Labute approximate surface area is 73.2 Å². The van der Waals surface area contributed by atoms with Gasteiger partial charge in [0.25, 0.3) is 0 Å². The summed E-state index contributed by atoms with van der Waals surface area (Å²) in [7, 11) is 0. The topological polar surface area (TPSA) is 32.3 Å². The summed E-state index contributed by atoms with van der Waals surface area (Å²) in [5.74, 6) is 0. The van der Waals surface area contributed by atoms with Crippen LogP contribution in [0.4, 0.5) is 4.39 Å². The number of halogens is 1. The maximum absolute atomic E-state index is 12.7. The maximum atomic E-state index is 12.7. The fraction of sp³-hybridized carbons (Fsp3) is 1.00. The van der Waals surface area contributed by atoms with Crippen LogP contribution < -0.4 is 5.32 Å². The Morgan fingerprint density at radius 3 is 2.50 bits per heavy atom. The van der Waals surface area contributed by atoms with Crippen LogP contribution >= 0.6 is 0 Å². The molecule has 0 heterocycles. The third-order valence-corrected chi connectivity index (χ3v) is 2.42. The van der Waals surface area contributed by atoms with E-state index in [0.717, 1.165) is 25.8 Å². The van der Waals surface area contributed by atoms with Crippen molar-refractivity contribution in [2.24, 2.45) is 0 Å². The molecule has 0 spiro atoms. The zero-order valence-electron chi connectivity index (χ0n) is 7.43. The summed E-state index contributed by atoms with van der Waals surface area (Å²) < 4.78 is 12.7. The van der Waals surface area contributed by atoms with Crippen LogP contribution in [0.2, 0.25) is 0 Å². The SMILES string of the molecule is OCCCNC1CCC(F)CC1. The lowest BCUT2D eigenvalue weighted by Gasteiger charge is -2.24. The molecule has 1 aliphatic carbocycles. The standard InChI is InChI=1S/C9H18FNO/c10-8-2-4-9(5-3-8)11-6-1-7-12/h8-9,11-12H,1-7H2. The highest BCUT2D eigenvalue weighted by atomic mass is 19.1. The highest BCUT2D eigenvalue weighted by molar-refractivity contribution is 4.76. The van der Waals surface area contributed by atoms with Crippen LogP contribution in [0.5, 0.6) is 0 Å². The Hall–Kier alpha value is -0.150. The van der Waals surface area contributed by atoms with Crippen LogP contribution in [0.3, 0.4) is 0 Å². The molecule has 1 saturated carbocycles. The van der Waals surface area contributed by atoms with Gasteiger partial charge in [-0.3, -0.25) is 0 Å². The quantitative estimate of drug-likeness (QED) is 0.630. The van der Waals surface area contributed by atoms with Gasteiger partial charge in [0.15, 0.2) is 0 Å². The lowest BCUT2D eigenvalue weighted by atomic mass is 9.94. The Bertz CT molecular complexity index is 113. The van der Waals surface area contributed by atoms with Crippen molar-refractivity contribution in [2.45, 2.75) is 44.3 Å². The van der Waals surface area contributed by atoms with E-state index in [4.69, 9.17) is 5.11 Å². The average molecular weight is 175 g/mol. The smallest absolute Gasteiger partial charge is 0.100 e. The summed E-state index contributed by atoms with van der Waals surface area (Å²) in [6.07, 6.45) is 3.54. The van der Waals surface area contributed by atoms with Gasteiger partial charge in [-0.15, -0.1) is 0 Å². The van der Waals surface area contributed by atoms with Crippen molar-refractivity contribution in [3.63, 3.8) is 0 Å². The first-order valence-electron chi connectivity index (χ1n) is 4.81. The summed E-state index contributed by atoms with van der Waals surface area (Å²) in [5.41, 5.74) is 0. The van der Waals surface area contributed by atoms with Gasteiger partial charge in [0, 0.05) is 12.6 Å². The summed E-state index contributed by atoms with van der Waals surface area (Å²) in [6.45, 7) is 1.10. The first kappa shape index (κ1) is 9.93. The number of aliphatic hydroxyl groups is 1. The zero-order chi connectivity index (χ0) is 8.81. The van der Waals surface area contributed by atoms with Gasteiger partial charge in [-0.1, -0.05) is 0 Å². The molecule has 0 amide bonds. The van der Waals surface area contributed by atoms with Gasteiger partial charge in [-0.2, -0.15) is 0 Å². The molecule has 2 nitrogen and oxygen atoms in total. The van der Waals surface area contributed by atoms with Crippen molar-refractivity contribution in [3.8, 4) is 0 Å². The first-order chi connectivity index (χ1) is 5.83. The molecule has 12 heavy (non-hydrogen) atoms. The molecule has 0 aromatic rings. The third kappa shape index (κ3) is 3.50. The predicted molar refractivity (Wildman–Crippen MR) is 46.9 cm³/mol. The molecular formula is C9H18FNO. The maximum Gasteiger partial charge on any atom is 0.100 e. The van der Waals surface area contributed by atoms with E-state index in [-0.39, 0.29) is 6.61 Å². The second-order valence-corrected chi connectivity index (χ2v) is 3.48. The highest BCUT2D eigenvalue weighted by Gasteiger charge is 2.19. The Kier molecular flexibility index (Phi) is 4.54. The number of rotatable bonds is 4. The molecule has 0 aromatic heterocycles. The van der Waals surface area contributed by atoms with Crippen LogP contribution in [-0.2, 0) is 0 Å². The van der Waals surface area contributed by atoms with E-state index in [2.05, 4.69) is 5.32 Å². The fourth-order valence-corrected chi connectivity index (χ4v) is 1.64. The van der Waals surface area contributed by atoms with Crippen molar-refractivity contribution >= 4 is 0 Å². The van der Waals surface area contributed by atoms with Crippen LogP contribution in [0, 0.1) is 0 Å². The average Bonchev–Trinajstić information content (AvgIpc) is 2.09. The molecule has 1 aliphatic rings. The molecule has 0 aromatic carbocycles. The largest absolute Gasteiger partial charge is 0.396 e. The third-order valence-electron chi connectivity index (χ3n) is 2.42. The number of alkyl halides is 1. The van der Waals surface area contributed by atoms with Gasteiger partial charge in [0.2, 0.25) is 0 Å². The van der Waals surface area contributed by atoms with E-state index in [0.29, 0.717) is 18.9 Å². The van der Waals surface area contributed by atoms with Gasteiger partial charge in [-0.25, -0.2) is 4.39 Å². The monoisotopic (exact) mass is 175 g/mol. The van der Waals surface area contributed by atoms with Crippen molar-refractivity contribution in [2.75, 3.05) is 13.2 Å². The first-order valence-corrected chi connectivity index (χ1v) is 4.81.